The summed E-state index contributed by atoms with van der Waals surface area (Å²) in [5.74, 6) is 0.987. The summed E-state index contributed by atoms with van der Waals surface area (Å²) in [5.41, 5.74) is 1.84. The Hall–Kier alpha value is -3.59. The minimum Gasteiger partial charge on any atom is -0.491 e. The van der Waals surface area contributed by atoms with Crippen LogP contribution in [0, 0.1) is 6.92 Å². The molecule has 0 aliphatic carbocycles. The largest absolute Gasteiger partial charge is 0.491 e. The third-order valence-corrected chi connectivity index (χ3v) is 7.28. The van der Waals surface area contributed by atoms with Gasteiger partial charge in [0, 0.05) is 30.1 Å². The average Bonchev–Trinajstić information content (AvgIpc) is 3.47. The lowest BCUT2D eigenvalue weighted by Gasteiger charge is -2.32. The zero-order valence-electron chi connectivity index (χ0n) is 23.3. The molecule has 0 fully saturated rings. The molecule has 0 saturated heterocycles. The molecule has 0 N–H and O–H groups in total. The number of rotatable bonds is 10. The van der Waals surface area contributed by atoms with Crippen molar-refractivity contribution in [2.75, 3.05) is 25.7 Å². The molecule has 4 aromatic rings. The minimum atomic E-state index is -3.88. The van der Waals surface area contributed by atoms with E-state index in [1.54, 1.807) is 48.5 Å². The fourth-order valence-electron chi connectivity index (χ4n) is 4.52. The van der Waals surface area contributed by atoms with Gasteiger partial charge in [0.05, 0.1) is 18.4 Å². The van der Waals surface area contributed by atoms with Crippen LogP contribution < -0.4 is 9.47 Å². The van der Waals surface area contributed by atoms with Gasteiger partial charge in [-0.05, 0) is 32.9 Å². The zero-order valence-corrected chi connectivity index (χ0v) is 24.9. The van der Waals surface area contributed by atoms with Gasteiger partial charge >= 0.3 is 0 Å². The Kier molecular flexibility index (Phi) is 8.01. The van der Waals surface area contributed by atoms with Gasteiger partial charge < -0.3 is 14.0 Å². The fourth-order valence-corrected chi connectivity index (χ4v) is 5.44. The molecule has 41 heavy (non-hydrogen) atoms. The summed E-state index contributed by atoms with van der Waals surface area (Å²) in [6.07, 6.45) is 4.18. The average molecular weight is 602 g/mol. The first kappa shape index (κ1) is 28.9. The molecule has 0 spiro atoms. The van der Waals surface area contributed by atoms with E-state index in [-0.39, 0.29) is 11.8 Å². The van der Waals surface area contributed by atoms with Gasteiger partial charge in [-0.2, -0.15) is 13.5 Å². The highest BCUT2D eigenvalue weighted by Gasteiger charge is 2.40. The van der Waals surface area contributed by atoms with Gasteiger partial charge in [-0.1, -0.05) is 30.3 Å². The van der Waals surface area contributed by atoms with Crippen molar-refractivity contribution in [2.24, 2.45) is 0 Å². The van der Waals surface area contributed by atoms with Crippen molar-refractivity contribution in [3.63, 3.8) is 0 Å². The number of nitrogens with zero attached hydrogens (tertiary/aromatic N) is 5. The van der Waals surface area contributed by atoms with E-state index in [1.807, 2.05) is 36.2 Å². The third-order valence-electron chi connectivity index (χ3n) is 6.23. The summed E-state index contributed by atoms with van der Waals surface area (Å²) < 4.78 is 63.1. The molecule has 2 atom stereocenters. The van der Waals surface area contributed by atoms with Gasteiger partial charge in [0.2, 0.25) is 0 Å². The van der Waals surface area contributed by atoms with Crippen LogP contribution in [0.2, 0.25) is 0 Å². The van der Waals surface area contributed by atoms with E-state index < -0.39 is 33.6 Å². The van der Waals surface area contributed by atoms with Crippen LogP contribution in [-0.2, 0) is 41.9 Å². The fraction of sp³-hybridized carbons (Fsp3) is 0.370. The molecule has 0 radical (unpaired) electrons. The Bertz CT molecular complexity index is 1690. The molecule has 2 aromatic carbocycles. The van der Waals surface area contributed by atoms with Gasteiger partial charge in [-0.3, -0.25) is 4.18 Å². The summed E-state index contributed by atoms with van der Waals surface area (Å²) in [4.78, 5) is 9.49. The van der Waals surface area contributed by atoms with Crippen molar-refractivity contribution in [1.29, 1.82) is 0 Å². The molecular weight excluding hydrogens is 570 g/mol. The molecule has 5 rings (SSSR count). The van der Waals surface area contributed by atoms with E-state index in [0.717, 1.165) is 11.8 Å². The molecule has 0 saturated carbocycles. The number of aryl methyl sites for hydroxylation is 1. The Morgan fingerprint density at radius 3 is 2.56 bits per heavy atom. The number of hydrogen-bond acceptors (Lipinski definition) is 10. The second-order valence-electron chi connectivity index (χ2n) is 9.84. The predicted molar refractivity (Wildman–Crippen MR) is 152 cm³/mol. The first-order valence-corrected chi connectivity index (χ1v) is 16.1. The highest BCUT2D eigenvalue weighted by atomic mass is 32.2. The van der Waals surface area contributed by atoms with Crippen molar-refractivity contribution in [3.8, 4) is 34.4 Å². The maximum absolute atomic E-state index is 12.3. The molecule has 3 heterocycles. The Labute approximate surface area is 241 Å². The molecule has 0 amide bonds. The smallest absolute Gasteiger partial charge is 0.275 e. The maximum Gasteiger partial charge on any atom is 0.275 e. The zero-order chi connectivity index (χ0) is 29.4. The summed E-state index contributed by atoms with van der Waals surface area (Å²) >= 11 is -1.85. The van der Waals surface area contributed by atoms with E-state index >= 15 is 0 Å². The van der Waals surface area contributed by atoms with Gasteiger partial charge in [-0.15, -0.1) is 0 Å². The number of hydrogen-bond donors (Lipinski definition) is 0. The summed E-state index contributed by atoms with van der Waals surface area (Å²) in [6.45, 7) is 6.27. The molecule has 2 aromatic heterocycles. The van der Waals surface area contributed by atoms with Gasteiger partial charge in [0.15, 0.2) is 16.9 Å². The topological polar surface area (TPSA) is 137 Å². The van der Waals surface area contributed by atoms with Crippen LogP contribution in [0.1, 0.15) is 31.3 Å². The minimum absolute atomic E-state index is 0.110. The lowest BCUT2D eigenvalue weighted by Crippen LogP contribution is -2.42. The third kappa shape index (κ3) is 6.35. The molecule has 218 valence electrons. The molecule has 12 nitrogen and oxygen atoms in total. The predicted octanol–water partition coefficient (Wildman–Crippen LogP) is 3.61. The van der Waals surface area contributed by atoms with Crippen LogP contribution in [-0.4, -0.2) is 62.7 Å². The summed E-state index contributed by atoms with van der Waals surface area (Å²) in [6, 6.07) is 13.9. The molecule has 0 bridgehead atoms. The van der Waals surface area contributed by atoms with Crippen molar-refractivity contribution in [2.45, 2.75) is 39.1 Å². The lowest BCUT2D eigenvalue weighted by molar-refractivity contribution is -0.137. The number of fused-ring (bicyclic) bond motifs is 3. The number of aromatic nitrogens is 5. The lowest BCUT2D eigenvalue weighted by atomic mass is 10.1. The van der Waals surface area contributed by atoms with Gasteiger partial charge in [0.25, 0.3) is 15.9 Å². The molecule has 14 heteroatoms. The van der Waals surface area contributed by atoms with Crippen LogP contribution in [0.3, 0.4) is 0 Å². The van der Waals surface area contributed by atoms with E-state index in [4.69, 9.17) is 22.8 Å². The highest BCUT2D eigenvalue weighted by molar-refractivity contribution is 7.86. The van der Waals surface area contributed by atoms with E-state index in [9.17, 15) is 12.6 Å². The van der Waals surface area contributed by atoms with Crippen LogP contribution in [0.5, 0.6) is 11.5 Å². The summed E-state index contributed by atoms with van der Waals surface area (Å²) in [7, 11) is -3.88. The van der Waals surface area contributed by atoms with Gasteiger partial charge in [0.1, 0.15) is 42.1 Å². The normalized spacial score (nSPS) is 15.4. The first-order chi connectivity index (χ1) is 19.4. The molecule has 1 aliphatic rings. The number of ether oxygens (including phenoxy) is 2. The maximum atomic E-state index is 12.3. The van der Waals surface area contributed by atoms with Crippen LogP contribution >= 0.6 is 0 Å². The quantitative estimate of drug-likeness (QED) is 0.196. The second kappa shape index (κ2) is 11.4. The van der Waals surface area contributed by atoms with Crippen LogP contribution in [0.4, 0.5) is 0 Å². The Morgan fingerprint density at radius 2 is 1.88 bits per heavy atom. The number of imidazole rings is 1. The second-order valence-corrected chi connectivity index (χ2v) is 12.5. The van der Waals surface area contributed by atoms with E-state index in [2.05, 4.69) is 10.1 Å². The van der Waals surface area contributed by atoms with Crippen LogP contribution in [0.25, 0.3) is 22.9 Å². The van der Waals surface area contributed by atoms with E-state index in [1.165, 1.54) is 6.26 Å². The molecular formula is C27H31N5O7S2. The Morgan fingerprint density at radius 1 is 1.12 bits per heavy atom. The SMILES string of the molecule is Cc1nc(-c2cn3c(n2)-c2ccc(OC(COS(C)(=O)=O)(OS(C)=O)c4ccccc4)cc2OCC3)n(C(C)C)n1. The Balaban J connectivity index is 1.54. The van der Waals surface area contributed by atoms with Crippen LogP contribution in [0.15, 0.2) is 54.7 Å². The van der Waals surface area contributed by atoms with Gasteiger partial charge in [-0.25, -0.2) is 23.0 Å². The standard InChI is InChI=1S/C27H31N5O7S2/c1-18(2)32-26(28-19(3)30-32)23-16-31-13-14-36-24-15-21(11-12-22(24)25(31)29-23)38-27(39-40(4)33,17-37-41(5,34)35)20-9-7-6-8-10-20/h6-12,15-16,18H,13-14,17H2,1-5H3. The van der Waals surface area contributed by atoms with Crippen molar-refractivity contribution >= 4 is 21.2 Å². The monoisotopic (exact) mass is 601 g/mol. The molecule has 1 aliphatic heterocycles. The summed E-state index contributed by atoms with van der Waals surface area (Å²) in [5, 5.41) is 4.51. The highest BCUT2D eigenvalue weighted by Crippen LogP contribution is 2.39. The van der Waals surface area contributed by atoms with Crippen molar-refractivity contribution < 1.29 is 30.5 Å². The van der Waals surface area contributed by atoms with Crippen molar-refractivity contribution in [3.05, 3.63) is 66.1 Å². The molecule has 2 unspecified atom stereocenters. The van der Waals surface area contributed by atoms with Crippen molar-refractivity contribution in [1.82, 2.24) is 24.3 Å². The number of benzene rings is 2. The first-order valence-electron chi connectivity index (χ1n) is 12.8. The van der Waals surface area contributed by atoms with E-state index in [0.29, 0.717) is 47.6 Å².